The lowest BCUT2D eigenvalue weighted by Gasteiger charge is -2.33. The van der Waals surface area contributed by atoms with Crippen LogP contribution in [0.4, 0.5) is 13.2 Å². The Morgan fingerprint density at radius 3 is 2.41 bits per heavy atom. The highest BCUT2D eigenvalue weighted by atomic mass is 19.4. The van der Waals surface area contributed by atoms with Crippen LogP contribution in [0.5, 0.6) is 5.75 Å². The molecule has 1 aromatic carbocycles. The van der Waals surface area contributed by atoms with Crippen LogP contribution in [0.1, 0.15) is 30.9 Å². The average molecular weight is 244 g/mol. The zero-order valence-electron chi connectivity index (χ0n) is 9.84. The Morgan fingerprint density at radius 2 is 1.88 bits per heavy atom. The summed E-state index contributed by atoms with van der Waals surface area (Å²) in [7, 11) is 0. The Kier molecular flexibility index (Phi) is 3.06. The Morgan fingerprint density at radius 1 is 1.24 bits per heavy atom. The van der Waals surface area contributed by atoms with E-state index >= 15 is 0 Å². The van der Waals surface area contributed by atoms with Gasteiger partial charge in [-0.1, -0.05) is 13.0 Å². The second-order valence-electron chi connectivity index (χ2n) is 4.79. The summed E-state index contributed by atoms with van der Waals surface area (Å²) in [5.74, 6) is 0.937. The van der Waals surface area contributed by atoms with E-state index in [1.54, 1.807) is 6.07 Å². The normalized spacial score (nSPS) is 24.3. The molecule has 0 aliphatic heterocycles. The van der Waals surface area contributed by atoms with Crippen LogP contribution in [0.3, 0.4) is 0 Å². The maximum Gasteiger partial charge on any atom is 0.416 e. The third kappa shape index (κ3) is 2.73. The minimum atomic E-state index is -4.31. The molecular formula is C13H15F3O. The first-order chi connectivity index (χ1) is 7.86. The Labute approximate surface area is 98.6 Å². The summed E-state index contributed by atoms with van der Waals surface area (Å²) in [5.41, 5.74) is -0.380. The van der Waals surface area contributed by atoms with E-state index in [0.717, 1.165) is 18.9 Å². The summed E-state index contributed by atoms with van der Waals surface area (Å²) in [6.07, 6.45) is -2.38. The molecule has 0 atom stereocenters. The van der Waals surface area contributed by atoms with Gasteiger partial charge in [-0.3, -0.25) is 0 Å². The van der Waals surface area contributed by atoms with Crippen LogP contribution in [0.15, 0.2) is 18.2 Å². The predicted molar refractivity (Wildman–Crippen MR) is 59.0 cm³/mol. The summed E-state index contributed by atoms with van der Waals surface area (Å²) in [4.78, 5) is 0. The molecule has 1 aliphatic carbocycles. The highest BCUT2D eigenvalue weighted by Crippen LogP contribution is 2.36. The molecule has 0 N–H and O–H groups in total. The molecular weight excluding hydrogens is 229 g/mol. The van der Waals surface area contributed by atoms with Gasteiger partial charge < -0.3 is 4.74 Å². The molecule has 0 saturated heterocycles. The van der Waals surface area contributed by atoms with Gasteiger partial charge in [-0.25, -0.2) is 0 Å². The molecule has 2 rings (SSSR count). The summed E-state index contributed by atoms with van der Waals surface area (Å²) in [5, 5.41) is 0. The highest BCUT2D eigenvalue weighted by molar-refractivity contribution is 5.36. The largest absolute Gasteiger partial charge is 0.490 e. The van der Waals surface area contributed by atoms with Crippen molar-refractivity contribution < 1.29 is 17.9 Å². The van der Waals surface area contributed by atoms with E-state index in [0.29, 0.717) is 11.7 Å². The van der Waals surface area contributed by atoms with Crippen LogP contribution in [-0.2, 0) is 6.18 Å². The molecule has 0 aromatic heterocycles. The number of rotatable bonds is 2. The first-order valence-corrected chi connectivity index (χ1v) is 5.71. The molecule has 17 heavy (non-hydrogen) atoms. The van der Waals surface area contributed by atoms with Crippen molar-refractivity contribution in [2.24, 2.45) is 5.92 Å². The van der Waals surface area contributed by atoms with E-state index in [-0.39, 0.29) is 11.7 Å². The van der Waals surface area contributed by atoms with Crippen molar-refractivity contribution in [2.45, 2.75) is 39.0 Å². The lowest BCUT2D eigenvalue weighted by atomic mass is 9.84. The van der Waals surface area contributed by atoms with Crippen LogP contribution in [-0.4, -0.2) is 6.10 Å². The number of hydrogen-bond donors (Lipinski definition) is 0. The fourth-order valence-corrected chi connectivity index (χ4v) is 2.10. The maximum absolute atomic E-state index is 12.7. The van der Waals surface area contributed by atoms with Gasteiger partial charge in [0.2, 0.25) is 0 Å². The predicted octanol–water partition coefficient (Wildman–Crippen LogP) is 4.19. The molecule has 1 nitrogen and oxygen atoms in total. The molecule has 1 fully saturated rings. The van der Waals surface area contributed by atoms with Crippen LogP contribution >= 0.6 is 0 Å². The molecule has 1 aliphatic rings. The fourth-order valence-electron chi connectivity index (χ4n) is 2.10. The van der Waals surface area contributed by atoms with Crippen LogP contribution in [0.2, 0.25) is 0 Å². The van der Waals surface area contributed by atoms with Gasteiger partial charge in [0.15, 0.2) is 0 Å². The zero-order chi connectivity index (χ0) is 12.6. The first-order valence-electron chi connectivity index (χ1n) is 5.71. The third-order valence-corrected chi connectivity index (χ3v) is 3.15. The van der Waals surface area contributed by atoms with Crippen molar-refractivity contribution in [3.8, 4) is 5.75 Å². The van der Waals surface area contributed by atoms with Gasteiger partial charge in [-0.2, -0.15) is 13.2 Å². The fraction of sp³-hybridized carbons (Fsp3) is 0.538. The van der Waals surface area contributed by atoms with E-state index in [1.165, 1.54) is 13.0 Å². The van der Waals surface area contributed by atoms with E-state index in [9.17, 15) is 13.2 Å². The summed E-state index contributed by atoms with van der Waals surface area (Å²) in [6, 6.07) is 4.16. The van der Waals surface area contributed by atoms with E-state index < -0.39 is 11.7 Å². The van der Waals surface area contributed by atoms with E-state index in [1.807, 2.05) is 0 Å². The Hall–Kier alpha value is -1.19. The van der Waals surface area contributed by atoms with E-state index in [2.05, 4.69) is 6.92 Å². The van der Waals surface area contributed by atoms with Gasteiger partial charge in [0.1, 0.15) is 5.75 Å². The van der Waals surface area contributed by atoms with Crippen LogP contribution in [0, 0.1) is 12.8 Å². The lowest BCUT2D eigenvalue weighted by Crippen LogP contribution is -2.32. The van der Waals surface area contributed by atoms with Gasteiger partial charge in [0, 0.05) is 0 Å². The second-order valence-corrected chi connectivity index (χ2v) is 4.79. The van der Waals surface area contributed by atoms with Crippen molar-refractivity contribution in [1.82, 2.24) is 0 Å². The smallest absolute Gasteiger partial charge is 0.416 e. The number of ether oxygens (including phenoxy) is 1. The molecule has 0 bridgehead atoms. The summed E-state index contributed by atoms with van der Waals surface area (Å²) >= 11 is 0. The molecule has 0 unspecified atom stereocenters. The van der Waals surface area contributed by atoms with Crippen LogP contribution in [0.25, 0.3) is 0 Å². The third-order valence-electron chi connectivity index (χ3n) is 3.15. The van der Waals surface area contributed by atoms with Crippen molar-refractivity contribution in [1.29, 1.82) is 0 Å². The number of halogens is 3. The Bertz CT molecular complexity index is 406. The molecule has 94 valence electrons. The number of aryl methyl sites for hydroxylation is 1. The van der Waals surface area contributed by atoms with Crippen molar-refractivity contribution in [2.75, 3.05) is 0 Å². The SMILES string of the molecule is Cc1ccc(OC2CC(C)C2)cc1C(F)(F)F. The first kappa shape index (κ1) is 12.3. The number of hydrogen-bond acceptors (Lipinski definition) is 1. The van der Waals surface area contributed by atoms with Gasteiger partial charge in [-0.15, -0.1) is 0 Å². The summed E-state index contributed by atoms with van der Waals surface area (Å²) < 4.78 is 43.5. The second kappa shape index (κ2) is 4.24. The van der Waals surface area contributed by atoms with Crippen molar-refractivity contribution in [3.05, 3.63) is 29.3 Å². The molecule has 1 saturated carbocycles. The molecule has 0 spiro atoms. The van der Waals surface area contributed by atoms with Gasteiger partial charge in [-0.05, 0) is 43.4 Å². The van der Waals surface area contributed by atoms with Gasteiger partial charge in [0.05, 0.1) is 11.7 Å². The highest BCUT2D eigenvalue weighted by Gasteiger charge is 2.33. The van der Waals surface area contributed by atoms with Crippen molar-refractivity contribution >= 4 is 0 Å². The quantitative estimate of drug-likeness (QED) is 0.757. The minimum absolute atomic E-state index is 0.0776. The van der Waals surface area contributed by atoms with Gasteiger partial charge in [0.25, 0.3) is 0 Å². The van der Waals surface area contributed by atoms with Crippen molar-refractivity contribution in [3.63, 3.8) is 0 Å². The maximum atomic E-state index is 12.7. The Balaban J connectivity index is 2.14. The zero-order valence-corrected chi connectivity index (χ0v) is 9.84. The topological polar surface area (TPSA) is 9.23 Å². The average Bonchev–Trinajstić information content (AvgIpc) is 2.16. The molecule has 1 aromatic rings. The minimum Gasteiger partial charge on any atom is -0.490 e. The lowest BCUT2D eigenvalue weighted by molar-refractivity contribution is -0.138. The number of benzene rings is 1. The monoisotopic (exact) mass is 244 g/mol. The van der Waals surface area contributed by atoms with E-state index in [4.69, 9.17) is 4.74 Å². The molecule has 0 radical (unpaired) electrons. The number of alkyl halides is 3. The molecule has 0 heterocycles. The molecule has 4 heteroatoms. The summed E-state index contributed by atoms with van der Waals surface area (Å²) in [6.45, 7) is 3.56. The van der Waals surface area contributed by atoms with Gasteiger partial charge >= 0.3 is 6.18 Å². The van der Waals surface area contributed by atoms with Crippen LogP contribution < -0.4 is 4.74 Å². The standard InChI is InChI=1S/C13H15F3O/c1-8-5-11(6-8)17-10-4-3-9(2)12(7-10)13(14,15)16/h3-4,7-8,11H,5-6H2,1-2H3. The molecule has 0 amide bonds.